The molecular formula is C11H19NO2. The van der Waals surface area contributed by atoms with Crippen molar-refractivity contribution < 1.29 is 9.59 Å². The van der Waals surface area contributed by atoms with Gasteiger partial charge in [0.05, 0.1) is 0 Å². The third kappa shape index (κ3) is 6.40. The first-order valence-electron chi connectivity index (χ1n) is 5.09. The molecule has 0 aromatic heterocycles. The molecule has 0 fully saturated rings. The Balaban J connectivity index is 3.61. The van der Waals surface area contributed by atoms with Gasteiger partial charge in [-0.1, -0.05) is 26.2 Å². The summed E-state index contributed by atoms with van der Waals surface area (Å²) in [5.74, 6) is -0.103. The predicted octanol–water partition coefficient (Wildman–Crippen LogP) is 1.78. The van der Waals surface area contributed by atoms with E-state index < -0.39 is 0 Å². The number of amides is 1. The molecule has 0 radical (unpaired) electrons. The maximum Gasteiger partial charge on any atom is 0.246 e. The first kappa shape index (κ1) is 12.9. The second kappa shape index (κ2) is 8.48. The van der Waals surface area contributed by atoms with Gasteiger partial charge in [0, 0.05) is 19.7 Å². The van der Waals surface area contributed by atoms with Crippen molar-refractivity contribution in [2.75, 3.05) is 13.6 Å². The van der Waals surface area contributed by atoms with Gasteiger partial charge in [0.1, 0.15) is 6.29 Å². The molecule has 0 unspecified atom stereocenters. The topological polar surface area (TPSA) is 37.4 Å². The van der Waals surface area contributed by atoms with Crippen LogP contribution in [0.15, 0.2) is 12.2 Å². The van der Waals surface area contributed by atoms with Crippen molar-refractivity contribution in [1.29, 1.82) is 0 Å². The van der Waals surface area contributed by atoms with Crippen LogP contribution in [0, 0.1) is 0 Å². The minimum atomic E-state index is -0.103. The lowest BCUT2D eigenvalue weighted by Crippen LogP contribution is -2.25. The number of nitrogens with zero attached hydrogens (tertiary/aromatic N) is 1. The zero-order chi connectivity index (χ0) is 10.8. The van der Waals surface area contributed by atoms with E-state index in [0.29, 0.717) is 6.29 Å². The van der Waals surface area contributed by atoms with E-state index in [0.717, 1.165) is 19.4 Å². The lowest BCUT2D eigenvalue weighted by molar-refractivity contribution is -0.125. The predicted molar refractivity (Wildman–Crippen MR) is 57.0 cm³/mol. The molecule has 0 aromatic rings. The molecule has 0 aromatic carbocycles. The summed E-state index contributed by atoms with van der Waals surface area (Å²) in [6.07, 6.45) is 7.74. The van der Waals surface area contributed by atoms with E-state index in [4.69, 9.17) is 0 Å². The minimum Gasteiger partial charge on any atom is -0.342 e. The van der Waals surface area contributed by atoms with Crippen LogP contribution in [0.5, 0.6) is 0 Å². The number of carbonyl (C=O) groups excluding carboxylic acids is 2. The van der Waals surface area contributed by atoms with Crippen LogP contribution in [0.1, 0.15) is 32.6 Å². The third-order valence-electron chi connectivity index (χ3n) is 2.04. The SMILES string of the molecule is CCCCCCN(C)C(=O)/C=C\C=O. The van der Waals surface area contributed by atoms with Crippen LogP contribution in [0.3, 0.4) is 0 Å². The van der Waals surface area contributed by atoms with Crippen molar-refractivity contribution in [3.05, 3.63) is 12.2 Å². The second-order valence-corrected chi connectivity index (χ2v) is 3.32. The van der Waals surface area contributed by atoms with Gasteiger partial charge < -0.3 is 4.90 Å². The number of rotatable bonds is 7. The lowest BCUT2D eigenvalue weighted by atomic mass is 10.2. The zero-order valence-corrected chi connectivity index (χ0v) is 9.03. The molecule has 80 valence electrons. The highest BCUT2D eigenvalue weighted by Gasteiger charge is 2.02. The first-order chi connectivity index (χ1) is 6.72. The van der Waals surface area contributed by atoms with Gasteiger partial charge in [-0.25, -0.2) is 0 Å². The Morgan fingerprint density at radius 2 is 2.00 bits per heavy atom. The summed E-state index contributed by atoms with van der Waals surface area (Å²) in [7, 11) is 1.75. The van der Waals surface area contributed by atoms with Crippen LogP contribution in [0.25, 0.3) is 0 Å². The summed E-state index contributed by atoms with van der Waals surface area (Å²) < 4.78 is 0. The molecule has 0 heterocycles. The molecule has 3 nitrogen and oxygen atoms in total. The number of unbranched alkanes of at least 4 members (excludes halogenated alkanes) is 3. The quantitative estimate of drug-likeness (QED) is 0.354. The van der Waals surface area contributed by atoms with Gasteiger partial charge in [0.25, 0.3) is 0 Å². The Hall–Kier alpha value is -1.12. The van der Waals surface area contributed by atoms with E-state index in [2.05, 4.69) is 6.92 Å². The van der Waals surface area contributed by atoms with E-state index in [9.17, 15) is 9.59 Å². The van der Waals surface area contributed by atoms with Crippen molar-refractivity contribution >= 4 is 12.2 Å². The molecule has 0 atom stereocenters. The second-order valence-electron chi connectivity index (χ2n) is 3.32. The van der Waals surface area contributed by atoms with Crippen LogP contribution in [0.4, 0.5) is 0 Å². The fraction of sp³-hybridized carbons (Fsp3) is 0.636. The molecule has 0 spiro atoms. The van der Waals surface area contributed by atoms with Crippen LogP contribution in [0.2, 0.25) is 0 Å². The Bertz CT molecular complexity index is 199. The van der Waals surface area contributed by atoms with Gasteiger partial charge in [-0.15, -0.1) is 0 Å². The Morgan fingerprint density at radius 3 is 2.57 bits per heavy atom. The van der Waals surface area contributed by atoms with Crippen LogP contribution in [-0.2, 0) is 9.59 Å². The van der Waals surface area contributed by atoms with Gasteiger partial charge in [0.2, 0.25) is 5.91 Å². The summed E-state index contributed by atoms with van der Waals surface area (Å²) in [6.45, 7) is 2.92. The summed E-state index contributed by atoms with van der Waals surface area (Å²) in [5.41, 5.74) is 0. The normalized spacial score (nSPS) is 10.4. The number of likely N-dealkylation sites (N-methyl/N-ethyl adjacent to an activating group) is 1. The fourth-order valence-corrected chi connectivity index (χ4v) is 1.13. The molecule has 0 saturated heterocycles. The Kier molecular flexibility index (Phi) is 7.80. The van der Waals surface area contributed by atoms with Gasteiger partial charge >= 0.3 is 0 Å². The Labute approximate surface area is 85.8 Å². The molecule has 0 saturated carbocycles. The highest BCUT2D eigenvalue weighted by molar-refractivity contribution is 5.90. The monoisotopic (exact) mass is 197 g/mol. The van der Waals surface area contributed by atoms with E-state index in [1.807, 2.05) is 0 Å². The molecule has 0 aliphatic carbocycles. The van der Waals surface area contributed by atoms with Crippen molar-refractivity contribution in [3.63, 3.8) is 0 Å². The smallest absolute Gasteiger partial charge is 0.246 e. The number of hydrogen-bond donors (Lipinski definition) is 0. The van der Waals surface area contributed by atoms with E-state index in [1.165, 1.54) is 25.0 Å². The fourth-order valence-electron chi connectivity index (χ4n) is 1.13. The number of aldehydes is 1. The molecule has 3 heteroatoms. The first-order valence-corrected chi connectivity index (χ1v) is 5.09. The minimum absolute atomic E-state index is 0.103. The maximum atomic E-state index is 11.2. The summed E-state index contributed by atoms with van der Waals surface area (Å²) in [5, 5.41) is 0. The third-order valence-corrected chi connectivity index (χ3v) is 2.04. The molecule has 0 rings (SSSR count). The number of allylic oxidation sites excluding steroid dienone is 1. The summed E-state index contributed by atoms with van der Waals surface area (Å²) in [6, 6.07) is 0. The highest BCUT2D eigenvalue weighted by atomic mass is 16.2. The van der Waals surface area contributed by atoms with Gasteiger partial charge in [-0.2, -0.15) is 0 Å². The number of hydrogen-bond acceptors (Lipinski definition) is 2. The average molecular weight is 197 g/mol. The van der Waals surface area contributed by atoms with Crippen molar-refractivity contribution in [2.24, 2.45) is 0 Å². The van der Waals surface area contributed by atoms with Crippen molar-refractivity contribution in [2.45, 2.75) is 32.6 Å². The van der Waals surface area contributed by atoms with Crippen molar-refractivity contribution in [1.82, 2.24) is 4.90 Å². The summed E-state index contributed by atoms with van der Waals surface area (Å²) in [4.78, 5) is 22.9. The van der Waals surface area contributed by atoms with Gasteiger partial charge in [0.15, 0.2) is 0 Å². The molecule has 0 aliphatic rings. The van der Waals surface area contributed by atoms with Gasteiger partial charge in [-0.05, 0) is 12.5 Å². The van der Waals surface area contributed by atoms with Crippen LogP contribution >= 0.6 is 0 Å². The van der Waals surface area contributed by atoms with E-state index >= 15 is 0 Å². The molecule has 0 N–H and O–H groups in total. The standard InChI is InChI=1S/C11H19NO2/c1-3-4-5-6-9-12(2)11(14)8-7-10-13/h7-8,10H,3-6,9H2,1-2H3/b8-7-. The van der Waals surface area contributed by atoms with Crippen molar-refractivity contribution in [3.8, 4) is 0 Å². The van der Waals surface area contributed by atoms with E-state index in [1.54, 1.807) is 11.9 Å². The molecule has 14 heavy (non-hydrogen) atoms. The average Bonchev–Trinajstić information content (AvgIpc) is 2.20. The van der Waals surface area contributed by atoms with Crippen LogP contribution in [-0.4, -0.2) is 30.7 Å². The van der Waals surface area contributed by atoms with E-state index in [-0.39, 0.29) is 5.91 Å². The molecule has 0 aliphatic heterocycles. The Morgan fingerprint density at radius 1 is 1.29 bits per heavy atom. The highest BCUT2D eigenvalue weighted by Crippen LogP contribution is 2.00. The molecule has 1 amide bonds. The van der Waals surface area contributed by atoms with Gasteiger partial charge in [-0.3, -0.25) is 9.59 Å². The maximum absolute atomic E-state index is 11.2. The summed E-state index contributed by atoms with van der Waals surface area (Å²) >= 11 is 0. The molecular weight excluding hydrogens is 178 g/mol. The lowest BCUT2D eigenvalue weighted by Gasteiger charge is -2.14. The number of carbonyl (C=O) groups is 2. The largest absolute Gasteiger partial charge is 0.342 e. The molecule has 0 bridgehead atoms. The van der Waals surface area contributed by atoms with Crippen LogP contribution < -0.4 is 0 Å². The zero-order valence-electron chi connectivity index (χ0n) is 9.03.